The Balaban J connectivity index is 1.67. The summed E-state index contributed by atoms with van der Waals surface area (Å²) in [6.07, 6.45) is 1.71. The van der Waals surface area contributed by atoms with Crippen molar-refractivity contribution in [3.05, 3.63) is 23.0 Å². The third-order valence-corrected chi connectivity index (χ3v) is 6.15. The number of ether oxygens (including phenoxy) is 2. The van der Waals surface area contributed by atoms with Gasteiger partial charge in [0.25, 0.3) is 5.91 Å². The third-order valence-electron chi connectivity index (χ3n) is 6.15. The van der Waals surface area contributed by atoms with Gasteiger partial charge in [0.1, 0.15) is 0 Å². The number of aromatic nitrogens is 3. The van der Waals surface area contributed by atoms with E-state index in [-0.39, 0.29) is 23.7 Å². The third kappa shape index (κ3) is 3.85. The van der Waals surface area contributed by atoms with Crippen LogP contribution in [0.2, 0.25) is 0 Å². The highest BCUT2D eigenvalue weighted by molar-refractivity contribution is 6.06. The lowest BCUT2D eigenvalue weighted by Gasteiger charge is -2.34. The molecule has 2 aliphatic rings. The lowest BCUT2D eigenvalue weighted by molar-refractivity contribution is -0.0956. The average molecular weight is 415 g/mol. The number of hydrogen-bond donors (Lipinski definition) is 0. The fourth-order valence-corrected chi connectivity index (χ4v) is 4.43. The molecular formula is C23H34N4O3. The number of likely N-dealkylation sites (tertiary alicyclic amines) is 1. The van der Waals surface area contributed by atoms with Gasteiger partial charge in [-0.15, -0.1) is 0 Å². The molecule has 2 aromatic heterocycles. The van der Waals surface area contributed by atoms with Crippen molar-refractivity contribution in [3.63, 3.8) is 0 Å². The number of fused-ring (bicyclic) bond motifs is 1. The highest BCUT2D eigenvalue weighted by atomic mass is 16.7. The number of nitrogens with zero attached hydrogens (tertiary/aromatic N) is 4. The standard InChI is InChI=1S/C23H34N4O3/c1-14(2)18-13-17(19-15(3)25-27(20(19)24-18)23(4,5)6)21(28)26-9-7-16(8-10-26)22-29-11-12-30-22/h13-14,16,22H,7-12H2,1-6H3. The van der Waals surface area contributed by atoms with E-state index in [2.05, 4.69) is 34.6 Å². The van der Waals surface area contributed by atoms with E-state index in [1.54, 1.807) is 0 Å². The summed E-state index contributed by atoms with van der Waals surface area (Å²) in [6.45, 7) is 15.3. The molecule has 4 rings (SSSR count). The topological polar surface area (TPSA) is 69.5 Å². The van der Waals surface area contributed by atoms with Gasteiger partial charge in [0.15, 0.2) is 11.9 Å². The summed E-state index contributed by atoms with van der Waals surface area (Å²) in [4.78, 5) is 20.5. The maximum Gasteiger partial charge on any atom is 0.254 e. The Morgan fingerprint density at radius 1 is 1.17 bits per heavy atom. The monoisotopic (exact) mass is 414 g/mol. The molecule has 0 spiro atoms. The largest absolute Gasteiger partial charge is 0.350 e. The van der Waals surface area contributed by atoms with E-state index < -0.39 is 0 Å². The molecule has 0 aliphatic carbocycles. The van der Waals surface area contributed by atoms with Gasteiger partial charge in [-0.1, -0.05) is 13.8 Å². The summed E-state index contributed by atoms with van der Waals surface area (Å²) in [5.41, 5.74) is 3.10. The summed E-state index contributed by atoms with van der Waals surface area (Å²) >= 11 is 0. The van der Waals surface area contributed by atoms with Crippen LogP contribution in [0, 0.1) is 12.8 Å². The zero-order valence-electron chi connectivity index (χ0n) is 19.1. The quantitative estimate of drug-likeness (QED) is 0.763. The zero-order chi connectivity index (χ0) is 21.6. The lowest BCUT2D eigenvalue weighted by atomic mass is 9.95. The Morgan fingerprint density at radius 3 is 2.37 bits per heavy atom. The van der Waals surface area contributed by atoms with Gasteiger partial charge in [-0.05, 0) is 52.5 Å². The molecule has 2 saturated heterocycles. The second-order valence-electron chi connectivity index (χ2n) is 9.86. The Hall–Kier alpha value is -1.99. The van der Waals surface area contributed by atoms with E-state index in [9.17, 15) is 4.79 Å². The van der Waals surface area contributed by atoms with Crippen molar-refractivity contribution in [1.82, 2.24) is 19.7 Å². The Morgan fingerprint density at radius 2 is 1.80 bits per heavy atom. The first-order valence-corrected chi connectivity index (χ1v) is 11.1. The smallest absolute Gasteiger partial charge is 0.254 e. The summed E-state index contributed by atoms with van der Waals surface area (Å²) in [5, 5.41) is 5.64. The van der Waals surface area contributed by atoms with Crippen molar-refractivity contribution < 1.29 is 14.3 Å². The van der Waals surface area contributed by atoms with Crippen LogP contribution in [0.1, 0.15) is 75.1 Å². The molecule has 164 valence electrons. The van der Waals surface area contributed by atoms with Crippen LogP contribution in [0.15, 0.2) is 6.07 Å². The molecule has 30 heavy (non-hydrogen) atoms. The second-order valence-corrected chi connectivity index (χ2v) is 9.86. The van der Waals surface area contributed by atoms with E-state index in [1.807, 2.05) is 22.6 Å². The maximum absolute atomic E-state index is 13.6. The molecular weight excluding hydrogens is 380 g/mol. The number of carbonyl (C=O) groups excluding carboxylic acids is 1. The van der Waals surface area contributed by atoms with Gasteiger partial charge in [0, 0.05) is 24.7 Å². The fraction of sp³-hybridized carbons (Fsp3) is 0.696. The average Bonchev–Trinajstić information content (AvgIpc) is 3.35. The minimum Gasteiger partial charge on any atom is -0.350 e. The van der Waals surface area contributed by atoms with E-state index in [0.717, 1.165) is 53.9 Å². The highest BCUT2D eigenvalue weighted by Crippen LogP contribution is 2.31. The van der Waals surface area contributed by atoms with Crippen molar-refractivity contribution in [3.8, 4) is 0 Å². The minimum atomic E-state index is -0.213. The van der Waals surface area contributed by atoms with E-state index in [1.165, 1.54) is 0 Å². The van der Waals surface area contributed by atoms with Crippen LogP contribution in [0.5, 0.6) is 0 Å². The van der Waals surface area contributed by atoms with Gasteiger partial charge in [-0.3, -0.25) is 4.79 Å². The van der Waals surface area contributed by atoms with Gasteiger partial charge in [-0.2, -0.15) is 5.10 Å². The van der Waals surface area contributed by atoms with Crippen molar-refractivity contribution in [2.24, 2.45) is 5.92 Å². The van der Waals surface area contributed by atoms with Gasteiger partial charge in [0.2, 0.25) is 0 Å². The molecule has 0 atom stereocenters. The fourth-order valence-electron chi connectivity index (χ4n) is 4.43. The van der Waals surface area contributed by atoms with Crippen molar-refractivity contribution in [2.45, 2.75) is 72.1 Å². The van der Waals surface area contributed by atoms with Crippen molar-refractivity contribution >= 4 is 16.9 Å². The molecule has 2 aliphatic heterocycles. The number of hydrogen-bond acceptors (Lipinski definition) is 5. The second kappa shape index (κ2) is 7.93. The van der Waals surface area contributed by atoms with Gasteiger partial charge in [-0.25, -0.2) is 9.67 Å². The number of amides is 1. The summed E-state index contributed by atoms with van der Waals surface area (Å²) in [7, 11) is 0. The molecule has 2 fully saturated rings. The summed E-state index contributed by atoms with van der Waals surface area (Å²) < 4.78 is 13.3. The number of aryl methyl sites for hydroxylation is 1. The SMILES string of the molecule is Cc1nn(C(C)(C)C)c2nc(C(C)C)cc(C(=O)N3CCC(C4OCCO4)CC3)c12. The van der Waals surface area contributed by atoms with Crippen molar-refractivity contribution in [2.75, 3.05) is 26.3 Å². The Bertz CT molecular complexity index is 930. The lowest BCUT2D eigenvalue weighted by Crippen LogP contribution is -2.41. The molecule has 7 heteroatoms. The first kappa shape index (κ1) is 21.2. The number of carbonyl (C=O) groups is 1. The predicted molar refractivity (Wildman–Crippen MR) is 116 cm³/mol. The van der Waals surface area contributed by atoms with Crippen LogP contribution in [0.25, 0.3) is 11.0 Å². The predicted octanol–water partition coefficient (Wildman–Crippen LogP) is 3.84. The summed E-state index contributed by atoms with van der Waals surface area (Å²) in [5.74, 6) is 0.671. The van der Waals surface area contributed by atoms with E-state index in [4.69, 9.17) is 19.6 Å². The van der Waals surface area contributed by atoms with Crippen LogP contribution in [0.3, 0.4) is 0 Å². The maximum atomic E-state index is 13.6. The molecule has 0 saturated carbocycles. The first-order valence-electron chi connectivity index (χ1n) is 11.1. The minimum absolute atomic E-state index is 0.0765. The molecule has 4 heterocycles. The van der Waals surface area contributed by atoms with E-state index in [0.29, 0.717) is 19.1 Å². The Labute approximate surface area is 178 Å². The normalized spacial score (nSPS) is 19.4. The van der Waals surface area contributed by atoms with Crippen LogP contribution < -0.4 is 0 Å². The van der Waals surface area contributed by atoms with Gasteiger partial charge < -0.3 is 14.4 Å². The number of pyridine rings is 1. The molecule has 0 unspecified atom stereocenters. The van der Waals surface area contributed by atoms with Gasteiger partial charge >= 0.3 is 0 Å². The van der Waals surface area contributed by atoms with Crippen molar-refractivity contribution in [1.29, 1.82) is 0 Å². The number of piperidine rings is 1. The molecule has 1 amide bonds. The molecule has 0 bridgehead atoms. The molecule has 0 N–H and O–H groups in total. The molecule has 0 aromatic carbocycles. The molecule has 0 radical (unpaired) electrons. The number of rotatable bonds is 3. The first-order chi connectivity index (χ1) is 14.2. The van der Waals surface area contributed by atoms with Crippen LogP contribution in [-0.2, 0) is 15.0 Å². The van der Waals surface area contributed by atoms with E-state index >= 15 is 0 Å². The molecule has 7 nitrogen and oxygen atoms in total. The van der Waals surface area contributed by atoms with Crippen LogP contribution >= 0.6 is 0 Å². The zero-order valence-corrected chi connectivity index (χ0v) is 19.1. The van der Waals surface area contributed by atoms with Crippen LogP contribution in [0.4, 0.5) is 0 Å². The summed E-state index contributed by atoms with van der Waals surface area (Å²) in [6, 6.07) is 1.98. The van der Waals surface area contributed by atoms with Crippen LogP contribution in [-0.4, -0.2) is 58.2 Å². The van der Waals surface area contributed by atoms with Gasteiger partial charge in [0.05, 0.1) is 35.4 Å². The highest BCUT2D eigenvalue weighted by Gasteiger charge is 2.33. The molecule has 2 aromatic rings. The Kier molecular flexibility index (Phi) is 5.62.